The van der Waals surface area contributed by atoms with Crippen LogP contribution < -0.4 is 0 Å². The number of rotatable bonds is 3. The lowest BCUT2D eigenvalue weighted by Crippen LogP contribution is -1.95. The molecule has 52 heavy (non-hydrogen) atoms. The fourth-order valence-corrected chi connectivity index (χ4v) is 9.32. The fraction of sp³-hybridized carbons (Fsp3) is 0. The molecule has 240 valence electrons. The molecule has 0 N–H and O–H groups in total. The van der Waals surface area contributed by atoms with Gasteiger partial charge in [-0.15, -0.1) is 0 Å². The van der Waals surface area contributed by atoms with Crippen molar-refractivity contribution in [3.63, 3.8) is 0 Å². The molecule has 0 spiro atoms. The van der Waals surface area contributed by atoms with Crippen LogP contribution in [0.3, 0.4) is 0 Å². The number of hydrogen-bond donors (Lipinski definition) is 0. The molecule has 0 radical (unpaired) electrons. The molecular weight excluding hydrogens is 629 g/mol. The van der Waals surface area contributed by atoms with Crippen molar-refractivity contribution in [3.05, 3.63) is 182 Å². The number of nitrogens with zero attached hydrogens (tertiary/aromatic N) is 2. The van der Waals surface area contributed by atoms with E-state index in [-0.39, 0.29) is 0 Å². The maximum Gasteiger partial charge on any atom is 0.0641 e. The summed E-state index contributed by atoms with van der Waals surface area (Å²) in [5.74, 6) is 0. The third kappa shape index (κ3) is 3.63. The van der Waals surface area contributed by atoms with Crippen molar-refractivity contribution in [2.45, 2.75) is 0 Å². The van der Waals surface area contributed by atoms with Crippen LogP contribution in [0.5, 0.6) is 0 Å². The van der Waals surface area contributed by atoms with Crippen molar-refractivity contribution in [1.82, 2.24) is 9.13 Å². The first-order valence-electron chi connectivity index (χ1n) is 18.0. The highest BCUT2D eigenvalue weighted by molar-refractivity contribution is 6.30. The lowest BCUT2D eigenvalue weighted by molar-refractivity contribution is 1.17. The van der Waals surface area contributed by atoms with Gasteiger partial charge in [-0.1, -0.05) is 140 Å². The average molecular weight is 659 g/mol. The van der Waals surface area contributed by atoms with Gasteiger partial charge in [-0.2, -0.15) is 0 Å². The molecule has 0 unspecified atom stereocenters. The van der Waals surface area contributed by atoms with Gasteiger partial charge in [0.15, 0.2) is 0 Å². The molecule has 0 amide bonds. The zero-order valence-electron chi connectivity index (χ0n) is 28.2. The summed E-state index contributed by atoms with van der Waals surface area (Å²) in [6, 6.07) is 67.1. The Balaban J connectivity index is 1.11. The van der Waals surface area contributed by atoms with Crippen LogP contribution in [0.2, 0.25) is 0 Å². The van der Waals surface area contributed by atoms with Crippen LogP contribution in [-0.2, 0) is 0 Å². The first-order chi connectivity index (χ1) is 25.8. The van der Waals surface area contributed by atoms with Crippen molar-refractivity contribution in [3.8, 4) is 44.8 Å². The van der Waals surface area contributed by atoms with Gasteiger partial charge in [-0.25, -0.2) is 0 Å². The predicted octanol–water partition coefficient (Wildman–Crippen LogP) is 13.5. The lowest BCUT2D eigenvalue weighted by atomic mass is 9.93. The van der Waals surface area contributed by atoms with E-state index < -0.39 is 0 Å². The highest BCUT2D eigenvalue weighted by atomic mass is 15.0. The van der Waals surface area contributed by atoms with Crippen LogP contribution in [0.4, 0.5) is 0 Å². The Morgan fingerprint density at radius 3 is 1.79 bits per heavy atom. The first-order valence-corrected chi connectivity index (χ1v) is 18.0. The van der Waals surface area contributed by atoms with Crippen molar-refractivity contribution in [2.24, 2.45) is 0 Å². The van der Waals surface area contributed by atoms with Gasteiger partial charge in [0.05, 0.1) is 22.1 Å². The minimum Gasteiger partial charge on any atom is -0.309 e. The summed E-state index contributed by atoms with van der Waals surface area (Å²) in [5.41, 5.74) is 15.0. The molecule has 2 nitrogen and oxygen atoms in total. The molecule has 1 aliphatic carbocycles. The number of fused-ring (bicyclic) bond motifs is 12. The van der Waals surface area contributed by atoms with E-state index in [2.05, 4.69) is 191 Å². The minimum atomic E-state index is 1.15. The van der Waals surface area contributed by atoms with Gasteiger partial charge in [0, 0.05) is 32.9 Å². The molecule has 0 fully saturated rings. The third-order valence-electron chi connectivity index (χ3n) is 11.4. The Bertz CT molecular complexity index is 3260. The Labute approximate surface area is 300 Å². The van der Waals surface area contributed by atoms with E-state index >= 15 is 0 Å². The summed E-state index contributed by atoms with van der Waals surface area (Å²) in [6.45, 7) is 0. The monoisotopic (exact) mass is 658 g/mol. The van der Waals surface area contributed by atoms with Gasteiger partial charge in [0.2, 0.25) is 0 Å². The van der Waals surface area contributed by atoms with Crippen LogP contribution in [0.1, 0.15) is 0 Å². The first kappa shape index (κ1) is 27.9. The minimum absolute atomic E-state index is 1.15. The van der Waals surface area contributed by atoms with Gasteiger partial charge in [0.25, 0.3) is 0 Å². The maximum absolute atomic E-state index is 2.48. The molecule has 2 aromatic heterocycles. The predicted molar refractivity (Wildman–Crippen MR) is 220 cm³/mol. The van der Waals surface area contributed by atoms with Crippen molar-refractivity contribution in [2.75, 3.05) is 0 Å². The van der Waals surface area contributed by atoms with Crippen molar-refractivity contribution >= 4 is 65.2 Å². The second-order valence-electron chi connectivity index (χ2n) is 14.0. The van der Waals surface area contributed by atoms with Gasteiger partial charge in [-0.05, 0) is 97.4 Å². The zero-order chi connectivity index (χ0) is 33.9. The Morgan fingerprint density at radius 1 is 0.288 bits per heavy atom. The Morgan fingerprint density at radius 2 is 0.923 bits per heavy atom. The fourth-order valence-electron chi connectivity index (χ4n) is 9.32. The normalized spacial score (nSPS) is 12.2. The van der Waals surface area contributed by atoms with Gasteiger partial charge >= 0.3 is 0 Å². The number of benzene rings is 9. The molecule has 12 rings (SSSR count). The van der Waals surface area contributed by atoms with E-state index in [9.17, 15) is 0 Å². The van der Waals surface area contributed by atoms with Gasteiger partial charge in [-0.3, -0.25) is 0 Å². The Hall–Kier alpha value is -6.90. The average Bonchev–Trinajstić information content (AvgIpc) is 3.85. The maximum atomic E-state index is 2.48. The van der Waals surface area contributed by atoms with E-state index in [0.717, 1.165) is 5.69 Å². The number of para-hydroxylation sites is 2. The zero-order valence-corrected chi connectivity index (χ0v) is 28.2. The summed E-state index contributed by atoms with van der Waals surface area (Å²) in [7, 11) is 0. The molecule has 9 aromatic carbocycles. The van der Waals surface area contributed by atoms with Crippen LogP contribution in [0.15, 0.2) is 182 Å². The molecule has 11 aromatic rings. The van der Waals surface area contributed by atoms with Crippen molar-refractivity contribution < 1.29 is 0 Å². The van der Waals surface area contributed by atoms with E-state index in [0.29, 0.717) is 0 Å². The molecule has 0 atom stereocenters. The molecule has 0 saturated carbocycles. The Kier molecular flexibility index (Phi) is 5.53. The van der Waals surface area contributed by atoms with Gasteiger partial charge in [0.1, 0.15) is 0 Å². The topological polar surface area (TPSA) is 9.86 Å². The largest absolute Gasteiger partial charge is 0.309 e. The summed E-state index contributed by atoms with van der Waals surface area (Å²) in [5, 5.41) is 10.3. The highest BCUT2D eigenvalue weighted by Gasteiger charge is 2.25. The molecule has 0 saturated heterocycles. The standard InChI is InChI=1S/C50H30N2/c1-2-14-34(15-3-1)52-44-29-25-31-11-4-5-16-37(31)48(44)42-28-30-45-49(50(42)52)40-17-6-7-22-43(40)51(45)35-26-23-32(24-27-35)36-18-10-20-39-38-19-8-12-33-13-9-21-41(46(33)38)47(36)39/h1-30H. The van der Waals surface area contributed by atoms with Gasteiger partial charge < -0.3 is 9.13 Å². The SMILES string of the molecule is c1ccc(-n2c3ccc4ccccc4c3c3ccc4c(c5ccccc5n4-c4ccc(-c5cccc6c5-c5cccc7cccc-6c57)cc4)c32)cc1. The number of hydrogen-bond acceptors (Lipinski definition) is 0. The van der Waals surface area contributed by atoms with E-state index in [1.165, 1.54) is 104 Å². The van der Waals surface area contributed by atoms with Crippen LogP contribution >= 0.6 is 0 Å². The summed E-state index contributed by atoms with van der Waals surface area (Å²) < 4.78 is 4.93. The third-order valence-corrected chi connectivity index (χ3v) is 11.4. The smallest absolute Gasteiger partial charge is 0.0641 e. The summed E-state index contributed by atoms with van der Waals surface area (Å²) >= 11 is 0. The quantitative estimate of drug-likeness (QED) is 0.179. The molecule has 0 bridgehead atoms. The lowest BCUT2D eigenvalue weighted by Gasteiger charge is -2.13. The molecule has 1 aliphatic rings. The molecule has 2 heteroatoms. The number of aromatic nitrogens is 2. The van der Waals surface area contributed by atoms with Crippen LogP contribution in [0, 0.1) is 0 Å². The summed E-state index contributed by atoms with van der Waals surface area (Å²) in [4.78, 5) is 0. The molecular formula is C50H30N2. The highest BCUT2D eigenvalue weighted by Crippen LogP contribution is 2.51. The van der Waals surface area contributed by atoms with Crippen molar-refractivity contribution in [1.29, 1.82) is 0 Å². The van der Waals surface area contributed by atoms with E-state index in [1.807, 2.05) is 0 Å². The molecule has 2 heterocycles. The second kappa shape index (κ2) is 10.3. The summed E-state index contributed by atoms with van der Waals surface area (Å²) in [6.07, 6.45) is 0. The van der Waals surface area contributed by atoms with E-state index in [1.54, 1.807) is 0 Å². The van der Waals surface area contributed by atoms with Crippen LogP contribution in [-0.4, -0.2) is 9.13 Å². The van der Waals surface area contributed by atoms with E-state index in [4.69, 9.17) is 0 Å². The second-order valence-corrected chi connectivity index (χ2v) is 14.0. The van der Waals surface area contributed by atoms with Crippen LogP contribution in [0.25, 0.3) is 110 Å². The molecule has 0 aliphatic heterocycles.